The van der Waals surface area contributed by atoms with Crippen LogP contribution in [-0.4, -0.2) is 45.7 Å². The molecular formula is C20H21F3N6O. The number of rotatable bonds is 4. The van der Waals surface area contributed by atoms with Gasteiger partial charge in [-0.15, -0.1) is 0 Å². The number of alkyl halides is 3. The van der Waals surface area contributed by atoms with Gasteiger partial charge in [0.2, 0.25) is 5.95 Å². The maximum absolute atomic E-state index is 13.3. The molecule has 30 heavy (non-hydrogen) atoms. The molecule has 1 saturated heterocycles. The highest BCUT2D eigenvalue weighted by atomic mass is 19.4. The van der Waals surface area contributed by atoms with E-state index in [0.29, 0.717) is 42.6 Å². The van der Waals surface area contributed by atoms with Crippen molar-refractivity contribution in [1.82, 2.24) is 19.9 Å². The highest BCUT2D eigenvalue weighted by molar-refractivity contribution is 5.87. The monoisotopic (exact) mass is 418 g/mol. The van der Waals surface area contributed by atoms with Crippen LogP contribution in [0.15, 0.2) is 30.5 Å². The van der Waals surface area contributed by atoms with E-state index in [1.807, 2.05) is 30.9 Å². The number of morpholine rings is 1. The lowest BCUT2D eigenvalue weighted by Crippen LogP contribution is -2.44. The lowest BCUT2D eigenvalue weighted by Gasteiger charge is -2.33. The van der Waals surface area contributed by atoms with Crippen LogP contribution in [0.5, 0.6) is 0 Å². The van der Waals surface area contributed by atoms with Crippen molar-refractivity contribution >= 4 is 22.8 Å². The lowest BCUT2D eigenvalue weighted by molar-refractivity contribution is -0.141. The Bertz CT molecular complexity index is 1060. The molecule has 1 aliphatic heterocycles. The van der Waals surface area contributed by atoms with Crippen LogP contribution in [0, 0.1) is 6.92 Å². The summed E-state index contributed by atoms with van der Waals surface area (Å²) in [5.41, 5.74) is 0.410. The first-order valence-corrected chi connectivity index (χ1v) is 9.57. The number of nitrogens with one attached hydrogen (secondary N) is 1. The number of aromatic nitrogens is 4. The minimum Gasteiger partial charge on any atom is -0.377 e. The zero-order chi connectivity index (χ0) is 21.3. The number of anilines is 2. The molecule has 1 N–H and O–H groups in total. The standard InChI is InChI=1S/C20H21F3N6O/c1-12-5-6-15-17(25-10-14-4-3-7-24-16(14)20(21,22)23)27-19(28-18(15)26-12)29-8-9-30-11-13(29)2/h3-7,13H,8-11H2,1-2H3,(H,25,26,27,28). The van der Waals surface area contributed by atoms with Crippen LogP contribution < -0.4 is 10.2 Å². The zero-order valence-corrected chi connectivity index (χ0v) is 16.6. The average molecular weight is 418 g/mol. The second kappa shape index (κ2) is 8.02. The van der Waals surface area contributed by atoms with Gasteiger partial charge in [0.15, 0.2) is 5.65 Å². The molecule has 0 aliphatic carbocycles. The van der Waals surface area contributed by atoms with Crippen LogP contribution in [0.25, 0.3) is 11.0 Å². The molecule has 1 fully saturated rings. The van der Waals surface area contributed by atoms with E-state index in [-0.39, 0.29) is 18.2 Å². The molecule has 0 amide bonds. The Morgan fingerprint density at radius 2 is 2.03 bits per heavy atom. The van der Waals surface area contributed by atoms with Gasteiger partial charge < -0.3 is 15.0 Å². The highest BCUT2D eigenvalue weighted by Crippen LogP contribution is 2.31. The maximum Gasteiger partial charge on any atom is 0.433 e. The van der Waals surface area contributed by atoms with Gasteiger partial charge in [-0.05, 0) is 32.0 Å². The Hall–Kier alpha value is -3.01. The number of hydrogen-bond acceptors (Lipinski definition) is 7. The van der Waals surface area contributed by atoms with Crippen LogP contribution in [0.4, 0.5) is 24.9 Å². The van der Waals surface area contributed by atoms with E-state index >= 15 is 0 Å². The van der Waals surface area contributed by atoms with E-state index in [1.54, 1.807) is 0 Å². The molecule has 4 rings (SSSR count). The number of pyridine rings is 2. The van der Waals surface area contributed by atoms with Gasteiger partial charge in [0.1, 0.15) is 11.5 Å². The van der Waals surface area contributed by atoms with Gasteiger partial charge in [-0.25, -0.2) is 4.98 Å². The molecule has 158 valence electrons. The van der Waals surface area contributed by atoms with Crippen molar-refractivity contribution in [1.29, 1.82) is 0 Å². The topological polar surface area (TPSA) is 76.1 Å². The molecule has 1 aliphatic rings. The molecule has 4 heterocycles. The molecule has 0 saturated carbocycles. The quantitative estimate of drug-likeness (QED) is 0.694. The second-order valence-corrected chi connectivity index (χ2v) is 7.18. The van der Waals surface area contributed by atoms with E-state index in [4.69, 9.17) is 4.74 Å². The molecule has 7 nitrogen and oxygen atoms in total. The third-order valence-electron chi connectivity index (χ3n) is 4.92. The van der Waals surface area contributed by atoms with Crippen molar-refractivity contribution in [3.8, 4) is 0 Å². The fourth-order valence-electron chi connectivity index (χ4n) is 3.40. The first-order chi connectivity index (χ1) is 14.3. The maximum atomic E-state index is 13.3. The molecule has 10 heteroatoms. The van der Waals surface area contributed by atoms with Gasteiger partial charge in [0, 0.05) is 30.5 Å². The summed E-state index contributed by atoms with van der Waals surface area (Å²) < 4.78 is 45.3. The van der Waals surface area contributed by atoms with E-state index in [0.717, 1.165) is 11.9 Å². The molecule has 0 aromatic carbocycles. The molecular weight excluding hydrogens is 397 g/mol. The van der Waals surface area contributed by atoms with Crippen LogP contribution in [0.3, 0.4) is 0 Å². The van der Waals surface area contributed by atoms with Crippen molar-refractivity contribution in [2.75, 3.05) is 30.0 Å². The van der Waals surface area contributed by atoms with Gasteiger partial charge >= 0.3 is 6.18 Å². The predicted molar refractivity (Wildman–Crippen MR) is 106 cm³/mol. The average Bonchev–Trinajstić information content (AvgIpc) is 2.71. The lowest BCUT2D eigenvalue weighted by atomic mass is 10.2. The zero-order valence-electron chi connectivity index (χ0n) is 16.6. The first-order valence-electron chi connectivity index (χ1n) is 9.57. The summed E-state index contributed by atoms with van der Waals surface area (Å²) in [5.74, 6) is 0.902. The SMILES string of the molecule is Cc1ccc2c(NCc3cccnc3C(F)(F)F)nc(N3CCOCC3C)nc2n1. The Kier molecular flexibility index (Phi) is 5.42. The number of fused-ring (bicyclic) bond motifs is 1. The number of halogens is 3. The Labute approximate surface area is 171 Å². The Morgan fingerprint density at radius 1 is 1.20 bits per heavy atom. The fourth-order valence-corrected chi connectivity index (χ4v) is 3.40. The van der Waals surface area contributed by atoms with Crippen LogP contribution >= 0.6 is 0 Å². The van der Waals surface area contributed by atoms with E-state index < -0.39 is 11.9 Å². The second-order valence-electron chi connectivity index (χ2n) is 7.18. The summed E-state index contributed by atoms with van der Waals surface area (Å²) in [4.78, 5) is 19.2. The number of nitrogens with zero attached hydrogens (tertiary/aromatic N) is 5. The van der Waals surface area contributed by atoms with Gasteiger partial charge in [0.25, 0.3) is 0 Å². The summed E-state index contributed by atoms with van der Waals surface area (Å²) in [6, 6.07) is 6.60. The van der Waals surface area contributed by atoms with Gasteiger partial charge in [-0.2, -0.15) is 23.1 Å². The van der Waals surface area contributed by atoms with Gasteiger partial charge in [-0.1, -0.05) is 6.07 Å². The van der Waals surface area contributed by atoms with Gasteiger partial charge in [-0.3, -0.25) is 4.98 Å². The molecule has 1 unspecified atom stereocenters. The van der Waals surface area contributed by atoms with Crippen LogP contribution in [0.2, 0.25) is 0 Å². The summed E-state index contributed by atoms with van der Waals surface area (Å²) in [7, 11) is 0. The fraction of sp³-hybridized carbons (Fsp3) is 0.400. The van der Waals surface area contributed by atoms with E-state index in [1.165, 1.54) is 12.1 Å². The smallest absolute Gasteiger partial charge is 0.377 e. The van der Waals surface area contributed by atoms with Crippen molar-refractivity contribution < 1.29 is 17.9 Å². The predicted octanol–water partition coefficient (Wildman–Crippen LogP) is 3.58. The number of hydrogen-bond donors (Lipinski definition) is 1. The number of aryl methyl sites for hydroxylation is 1. The third kappa shape index (κ3) is 4.13. The van der Waals surface area contributed by atoms with E-state index in [9.17, 15) is 13.2 Å². The van der Waals surface area contributed by atoms with Gasteiger partial charge in [0.05, 0.1) is 24.6 Å². The third-order valence-corrected chi connectivity index (χ3v) is 4.92. The summed E-state index contributed by atoms with van der Waals surface area (Å²) in [6.45, 7) is 5.52. The van der Waals surface area contributed by atoms with Crippen LogP contribution in [-0.2, 0) is 17.5 Å². The normalized spacial score (nSPS) is 17.4. The van der Waals surface area contributed by atoms with Crippen molar-refractivity contribution in [3.63, 3.8) is 0 Å². The Morgan fingerprint density at radius 3 is 2.80 bits per heavy atom. The van der Waals surface area contributed by atoms with Crippen molar-refractivity contribution in [2.45, 2.75) is 32.6 Å². The molecule has 0 radical (unpaired) electrons. The highest BCUT2D eigenvalue weighted by Gasteiger charge is 2.35. The largest absolute Gasteiger partial charge is 0.433 e. The molecule has 0 bridgehead atoms. The summed E-state index contributed by atoms with van der Waals surface area (Å²) in [5, 5.41) is 3.68. The molecule has 0 spiro atoms. The summed E-state index contributed by atoms with van der Waals surface area (Å²) >= 11 is 0. The van der Waals surface area contributed by atoms with E-state index in [2.05, 4.69) is 25.3 Å². The first kappa shape index (κ1) is 20.3. The summed E-state index contributed by atoms with van der Waals surface area (Å²) in [6.07, 6.45) is -3.39. The Balaban J connectivity index is 1.71. The molecule has 1 atom stereocenters. The molecule has 3 aromatic rings. The molecule has 3 aromatic heterocycles. The minimum atomic E-state index is -4.53. The van der Waals surface area contributed by atoms with Crippen molar-refractivity contribution in [2.24, 2.45) is 0 Å². The van der Waals surface area contributed by atoms with Crippen LogP contribution in [0.1, 0.15) is 23.9 Å². The van der Waals surface area contributed by atoms with Crippen molar-refractivity contribution in [3.05, 3.63) is 47.4 Å². The minimum absolute atomic E-state index is 0.0399. The number of ether oxygens (including phenoxy) is 1.